The van der Waals surface area contributed by atoms with Crippen molar-refractivity contribution < 1.29 is 9.53 Å². The third kappa shape index (κ3) is 4.73. The summed E-state index contributed by atoms with van der Waals surface area (Å²) in [7, 11) is 0. The Labute approximate surface area is 146 Å². The van der Waals surface area contributed by atoms with Crippen LogP contribution >= 0.6 is 0 Å². The standard InChI is InChI=1S/C20H32N2O2/c1-13(2)15(4)21-19-10-6-9-18(14(19)3)20(23)22-16(5)17-8-7-11-24-12-17/h6,9-10,13,15-17,21H,7-8,11-12H2,1-5H3,(H,22,23). The molecule has 1 fully saturated rings. The maximum absolute atomic E-state index is 12.7. The molecular formula is C20H32N2O2. The summed E-state index contributed by atoms with van der Waals surface area (Å²) in [6.45, 7) is 12.2. The minimum absolute atomic E-state index is 0.00595. The van der Waals surface area contributed by atoms with Gasteiger partial charge in [-0.05, 0) is 57.2 Å². The maximum atomic E-state index is 12.7. The summed E-state index contributed by atoms with van der Waals surface area (Å²) in [6.07, 6.45) is 2.20. The van der Waals surface area contributed by atoms with Gasteiger partial charge in [-0.3, -0.25) is 4.79 Å². The molecule has 2 N–H and O–H groups in total. The molecule has 3 unspecified atom stereocenters. The largest absolute Gasteiger partial charge is 0.382 e. The third-order valence-corrected chi connectivity index (χ3v) is 5.22. The summed E-state index contributed by atoms with van der Waals surface area (Å²) in [6, 6.07) is 6.39. The number of amides is 1. The van der Waals surface area contributed by atoms with Crippen LogP contribution in [0.2, 0.25) is 0 Å². The minimum Gasteiger partial charge on any atom is -0.382 e. The molecule has 0 aromatic heterocycles. The van der Waals surface area contributed by atoms with Crippen LogP contribution in [0, 0.1) is 18.8 Å². The van der Waals surface area contributed by atoms with Gasteiger partial charge < -0.3 is 15.4 Å². The highest BCUT2D eigenvalue weighted by atomic mass is 16.5. The zero-order chi connectivity index (χ0) is 17.7. The number of carbonyl (C=O) groups is 1. The van der Waals surface area contributed by atoms with Crippen LogP contribution in [0.5, 0.6) is 0 Å². The van der Waals surface area contributed by atoms with Crippen molar-refractivity contribution in [2.24, 2.45) is 11.8 Å². The molecule has 0 spiro atoms. The van der Waals surface area contributed by atoms with Crippen LogP contribution in [0.1, 0.15) is 56.5 Å². The van der Waals surface area contributed by atoms with Gasteiger partial charge in [0, 0.05) is 35.9 Å². The van der Waals surface area contributed by atoms with Gasteiger partial charge in [-0.15, -0.1) is 0 Å². The SMILES string of the molecule is Cc1c(NC(C)C(C)C)cccc1C(=O)NC(C)C1CCCOC1. The molecule has 4 nitrogen and oxygen atoms in total. The molecule has 0 bridgehead atoms. The highest BCUT2D eigenvalue weighted by Crippen LogP contribution is 2.22. The zero-order valence-electron chi connectivity index (χ0n) is 15.7. The van der Waals surface area contributed by atoms with Crippen LogP contribution in [-0.2, 0) is 4.74 Å². The Morgan fingerprint density at radius 1 is 1.25 bits per heavy atom. The predicted molar refractivity (Wildman–Crippen MR) is 99.6 cm³/mol. The Bertz CT molecular complexity index is 551. The molecule has 1 aliphatic heterocycles. The van der Waals surface area contributed by atoms with Crippen molar-refractivity contribution in [2.45, 2.75) is 59.5 Å². The van der Waals surface area contributed by atoms with Crippen LogP contribution in [0.25, 0.3) is 0 Å². The Kier molecular flexibility index (Phi) is 6.67. The van der Waals surface area contributed by atoms with Gasteiger partial charge in [0.15, 0.2) is 0 Å². The summed E-state index contributed by atoms with van der Waals surface area (Å²) in [5.41, 5.74) is 2.80. The van der Waals surface area contributed by atoms with Crippen molar-refractivity contribution in [2.75, 3.05) is 18.5 Å². The lowest BCUT2D eigenvalue weighted by atomic mass is 9.94. The molecule has 0 saturated carbocycles. The summed E-state index contributed by atoms with van der Waals surface area (Å²) < 4.78 is 5.54. The summed E-state index contributed by atoms with van der Waals surface area (Å²) in [5, 5.41) is 6.68. The Hall–Kier alpha value is -1.55. The second kappa shape index (κ2) is 8.52. The first-order valence-corrected chi connectivity index (χ1v) is 9.15. The molecular weight excluding hydrogens is 300 g/mol. The van der Waals surface area contributed by atoms with Crippen LogP contribution in [0.3, 0.4) is 0 Å². The van der Waals surface area contributed by atoms with Gasteiger partial charge in [0.25, 0.3) is 5.91 Å². The lowest BCUT2D eigenvalue weighted by molar-refractivity contribution is 0.0409. The van der Waals surface area contributed by atoms with Crippen LogP contribution in [0.15, 0.2) is 18.2 Å². The monoisotopic (exact) mass is 332 g/mol. The van der Waals surface area contributed by atoms with Crippen molar-refractivity contribution in [3.63, 3.8) is 0 Å². The molecule has 0 aliphatic carbocycles. The number of rotatable bonds is 6. The van der Waals surface area contributed by atoms with E-state index in [9.17, 15) is 4.79 Å². The van der Waals surface area contributed by atoms with E-state index in [1.165, 1.54) is 0 Å². The van der Waals surface area contributed by atoms with E-state index in [0.29, 0.717) is 17.9 Å². The van der Waals surface area contributed by atoms with E-state index in [4.69, 9.17) is 4.74 Å². The van der Waals surface area contributed by atoms with Gasteiger partial charge in [-0.1, -0.05) is 19.9 Å². The lowest BCUT2D eigenvalue weighted by Gasteiger charge is -2.28. The van der Waals surface area contributed by atoms with E-state index in [1.54, 1.807) is 0 Å². The maximum Gasteiger partial charge on any atom is 0.251 e. The number of carbonyl (C=O) groups excluding carboxylic acids is 1. The van der Waals surface area contributed by atoms with E-state index in [1.807, 2.05) is 25.1 Å². The quantitative estimate of drug-likeness (QED) is 0.828. The number of benzene rings is 1. The normalized spacial score (nSPS) is 20.5. The van der Waals surface area contributed by atoms with Gasteiger partial charge in [0.1, 0.15) is 0 Å². The number of ether oxygens (including phenoxy) is 1. The molecule has 2 rings (SSSR count). The van der Waals surface area contributed by atoms with Crippen molar-refractivity contribution in [1.82, 2.24) is 5.32 Å². The number of hydrogen-bond donors (Lipinski definition) is 2. The average molecular weight is 332 g/mol. The second-order valence-corrected chi connectivity index (χ2v) is 7.39. The molecule has 1 heterocycles. The van der Waals surface area contributed by atoms with Gasteiger partial charge in [0.2, 0.25) is 0 Å². The molecule has 1 amide bonds. The Balaban J connectivity index is 2.06. The fourth-order valence-corrected chi connectivity index (χ4v) is 3.01. The van der Waals surface area contributed by atoms with E-state index in [-0.39, 0.29) is 11.9 Å². The highest BCUT2D eigenvalue weighted by Gasteiger charge is 2.23. The molecule has 1 aromatic carbocycles. The lowest BCUT2D eigenvalue weighted by Crippen LogP contribution is -2.41. The van der Waals surface area contributed by atoms with Crippen LogP contribution in [-0.4, -0.2) is 31.2 Å². The molecule has 0 radical (unpaired) electrons. The zero-order valence-corrected chi connectivity index (χ0v) is 15.7. The van der Waals surface area contributed by atoms with E-state index >= 15 is 0 Å². The topological polar surface area (TPSA) is 50.4 Å². The summed E-state index contributed by atoms with van der Waals surface area (Å²) in [4.78, 5) is 12.7. The predicted octanol–water partition coefficient (Wildman–Crippen LogP) is 4.00. The Morgan fingerprint density at radius 2 is 2.00 bits per heavy atom. The number of nitrogens with one attached hydrogen (secondary N) is 2. The Morgan fingerprint density at radius 3 is 2.62 bits per heavy atom. The van der Waals surface area contributed by atoms with Crippen molar-refractivity contribution in [1.29, 1.82) is 0 Å². The first-order chi connectivity index (χ1) is 11.4. The molecule has 3 atom stereocenters. The van der Waals surface area contributed by atoms with E-state index < -0.39 is 0 Å². The average Bonchev–Trinajstić information content (AvgIpc) is 2.57. The fourth-order valence-electron chi connectivity index (χ4n) is 3.01. The van der Waals surface area contributed by atoms with Gasteiger partial charge in [0.05, 0.1) is 6.61 Å². The van der Waals surface area contributed by atoms with Crippen LogP contribution < -0.4 is 10.6 Å². The smallest absolute Gasteiger partial charge is 0.251 e. The van der Waals surface area contributed by atoms with Crippen molar-refractivity contribution in [3.05, 3.63) is 29.3 Å². The molecule has 4 heteroatoms. The van der Waals surface area contributed by atoms with E-state index in [0.717, 1.165) is 42.9 Å². The van der Waals surface area contributed by atoms with Crippen LogP contribution in [0.4, 0.5) is 5.69 Å². The molecule has 134 valence electrons. The molecule has 1 saturated heterocycles. The number of hydrogen-bond acceptors (Lipinski definition) is 3. The van der Waals surface area contributed by atoms with Crippen molar-refractivity contribution >= 4 is 11.6 Å². The molecule has 1 aliphatic rings. The first kappa shape index (κ1) is 18.8. The second-order valence-electron chi connectivity index (χ2n) is 7.39. The number of anilines is 1. The van der Waals surface area contributed by atoms with Gasteiger partial charge in [-0.2, -0.15) is 0 Å². The minimum atomic E-state index is 0.00595. The molecule has 1 aromatic rings. The molecule has 24 heavy (non-hydrogen) atoms. The van der Waals surface area contributed by atoms with Gasteiger partial charge in [-0.25, -0.2) is 0 Å². The van der Waals surface area contributed by atoms with Gasteiger partial charge >= 0.3 is 0 Å². The highest BCUT2D eigenvalue weighted by molar-refractivity contribution is 5.97. The third-order valence-electron chi connectivity index (χ3n) is 5.22. The fraction of sp³-hybridized carbons (Fsp3) is 0.650. The first-order valence-electron chi connectivity index (χ1n) is 9.15. The summed E-state index contributed by atoms with van der Waals surface area (Å²) >= 11 is 0. The van der Waals surface area contributed by atoms with Crippen molar-refractivity contribution in [3.8, 4) is 0 Å². The summed E-state index contributed by atoms with van der Waals surface area (Å²) in [5.74, 6) is 0.949. The van der Waals surface area contributed by atoms with E-state index in [2.05, 4.69) is 38.3 Å².